The molecule has 0 heterocycles. The van der Waals surface area contributed by atoms with Gasteiger partial charge in [-0.1, -0.05) is 29.8 Å². The molecule has 2 heteroatoms. The van der Waals surface area contributed by atoms with Crippen LogP contribution in [-0.2, 0) is 6.54 Å². The SMILES string of the molecule is Cc1ccc(CN[C@H](C)CCCO)cc1. The number of nitrogens with one attached hydrogen (secondary N) is 1. The van der Waals surface area contributed by atoms with E-state index in [1.165, 1.54) is 11.1 Å². The zero-order valence-electron chi connectivity index (χ0n) is 9.66. The Bertz CT molecular complexity index is 268. The molecular formula is C13H21NO. The second-order valence-electron chi connectivity index (χ2n) is 4.13. The van der Waals surface area contributed by atoms with Crippen LogP contribution >= 0.6 is 0 Å². The van der Waals surface area contributed by atoms with Crippen molar-refractivity contribution in [1.29, 1.82) is 0 Å². The van der Waals surface area contributed by atoms with E-state index in [4.69, 9.17) is 5.11 Å². The van der Waals surface area contributed by atoms with Gasteiger partial charge in [-0.25, -0.2) is 0 Å². The second kappa shape index (κ2) is 6.59. The highest BCUT2D eigenvalue weighted by Crippen LogP contribution is 2.04. The monoisotopic (exact) mass is 207 g/mol. The van der Waals surface area contributed by atoms with Crippen molar-refractivity contribution in [3.63, 3.8) is 0 Å². The number of hydrogen-bond acceptors (Lipinski definition) is 2. The average molecular weight is 207 g/mol. The van der Waals surface area contributed by atoms with Gasteiger partial charge in [0, 0.05) is 19.2 Å². The Hall–Kier alpha value is -0.860. The first-order valence-electron chi connectivity index (χ1n) is 5.62. The summed E-state index contributed by atoms with van der Waals surface area (Å²) in [6, 6.07) is 9.05. The third-order valence-corrected chi connectivity index (χ3v) is 2.57. The number of aliphatic hydroxyl groups is 1. The zero-order chi connectivity index (χ0) is 11.1. The Labute approximate surface area is 92.3 Å². The summed E-state index contributed by atoms with van der Waals surface area (Å²) in [5, 5.41) is 12.1. The summed E-state index contributed by atoms with van der Waals surface area (Å²) >= 11 is 0. The molecule has 0 saturated carbocycles. The Balaban J connectivity index is 2.27. The first kappa shape index (κ1) is 12.2. The smallest absolute Gasteiger partial charge is 0.0431 e. The van der Waals surface area contributed by atoms with E-state index in [0.29, 0.717) is 6.04 Å². The van der Waals surface area contributed by atoms with E-state index in [1.807, 2.05) is 0 Å². The molecule has 1 atom stereocenters. The van der Waals surface area contributed by atoms with Crippen LogP contribution < -0.4 is 5.32 Å². The van der Waals surface area contributed by atoms with Gasteiger partial charge < -0.3 is 10.4 Å². The number of benzene rings is 1. The molecule has 0 fully saturated rings. The molecule has 0 spiro atoms. The molecule has 0 amide bonds. The number of rotatable bonds is 6. The maximum absolute atomic E-state index is 8.70. The number of aliphatic hydroxyl groups excluding tert-OH is 1. The van der Waals surface area contributed by atoms with E-state index in [9.17, 15) is 0 Å². The Morgan fingerprint density at radius 3 is 2.53 bits per heavy atom. The maximum atomic E-state index is 8.70. The fourth-order valence-corrected chi connectivity index (χ4v) is 1.50. The minimum absolute atomic E-state index is 0.288. The highest BCUT2D eigenvalue weighted by molar-refractivity contribution is 5.21. The molecule has 0 bridgehead atoms. The average Bonchev–Trinajstić information content (AvgIpc) is 2.25. The van der Waals surface area contributed by atoms with E-state index < -0.39 is 0 Å². The van der Waals surface area contributed by atoms with Crippen LogP contribution in [0.5, 0.6) is 0 Å². The topological polar surface area (TPSA) is 32.3 Å². The highest BCUT2D eigenvalue weighted by atomic mass is 16.2. The first-order valence-corrected chi connectivity index (χ1v) is 5.62. The summed E-state index contributed by atoms with van der Waals surface area (Å²) in [5.74, 6) is 0. The van der Waals surface area contributed by atoms with Gasteiger partial charge in [0.1, 0.15) is 0 Å². The predicted molar refractivity (Wildman–Crippen MR) is 63.8 cm³/mol. The first-order chi connectivity index (χ1) is 7.22. The Kier molecular flexibility index (Phi) is 5.37. The fraction of sp³-hybridized carbons (Fsp3) is 0.538. The van der Waals surface area contributed by atoms with Crippen LogP contribution in [0, 0.1) is 6.92 Å². The minimum atomic E-state index is 0.288. The van der Waals surface area contributed by atoms with Crippen molar-refractivity contribution in [2.75, 3.05) is 6.61 Å². The number of hydrogen-bond donors (Lipinski definition) is 2. The lowest BCUT2D eigenvalue weighted by Gasteiger charge is -2.13. The van der Waals surface area contributed by atoms with E-state index in [2.05, 4.69) is 43.4 Å². The van der Waals surface area contributed by atoms with Crippen LogP contribution in [0.2, 0.25) is 0 Å². The molecule has 0 saturated heterocycles. The molecule has 1 aromatic rings. The van der Waals surface area contributed by atoms with Gasteiger partial charge in [-0.05, 0) is 32.3 Å². The van der Waals surface area contributed by atoms with Crippen molar-refractivity contribution >= 4 is 0 Å². The van der Waals surface area contributed by atoms with Crippen molar-refractivity contribution in [2.24, 2.45) is 0 Å². The normalized spacial score (nSPS) is 12.7. The molecule has 2 nitrogen and oxygen atoms in total. The van der Waals surface area contributed by atoms with E-state index in [-0.39, 0.29) is 6.61 Å². The fourth-order valence-electron chi connectivity index (χ4n) is 1.50. The summed E-state index contributed by atoms with van der Waals surface area (Å²) in [6.07, 6.45) is 1.91. The van der Waals surface area contributed by atoms with Crippen molar-refractivity contribution in [2.45, 2.75) is 39.3 Å². The van der Waals surface area contributed by atoms with Crippen molar-refractivity contribution in [3.05, 3.63) is 35.4 Å². The minimum Gasteiger partial charge on any atom is -0.396 e. The lowest BCUT2D eigenvalue weighted by Crippen LogP contribution is -2.25. The lowest BCUT2D eigenvalue weighted by molar-refractivity contribution is 0.276. The van der Waals surface area contributed by atoms with Crippen LogP contribution in [0.1, 0.15) is 30.9 Å². The van der Waals surface area contributed by atoms with Crippen LogP contribution in [-0.4, -0.2) is 17.8 Å². The van der Waals surface area contributed by atoms with E-state index in [0.717, 1.165) is 19.4 Å². The van der Waals surface area contributed by atoms with Crippen LogP contribution in [0.4, 0.5) is 0 Å². The molecule has 1 aromatic carbocycles. The van der Waals surface area contributed by atoms with Crippen LogP contribution in [0.25, 0.3) is 0 Å². The van der Waals surface area contributed by atoms with Gasteiger partial charge in [-0.2, -0.15) is 0 Å². The van der Waals surface area contributed by atoms with Gasteiger partial charge in [0.25, 0.3) is 0 Å². The van der Waals surface area contributed by atoms with Gasteiger partial charge in [0.15, 0.2) is 0 Å². The summed E-state index contributed by atoms with van der Waals surface area (Å²) < 4.78 is 0. The summed E-state index contributed by atoms with van der Waals surface area (Å²) in [7, 11) is 0. The molecule has 84 valence electrons. The van der Waals surface area contributed by atoms with Gasteiger partial charge in [0.05, 0.1) is 0 Å². The molecular weight excluding hydrogens is 186 g/mol. The lowest BCUT2D eigenvalue weighted by atomic mass is 10.1. The molecule has 0 aromatic heterocycles. The largest absolute Gasteiger partial charge is 0.396 e. The summed E-state index contributed by atoms with van der Waals surface area (Å²) in [6.45, 7) is 5.45. The molecule has 1 rings (SSSR count). The van der Waals surface area contributed by atoms with Crippen LogP contribution in [0.15, 0.2) is 24.3 Å². The van der Waals surface area contributed by atoms with Crippen molar-refractivity contribution in [1.82, 2.24) is 5.32 Å². The highest BCUT2D eigenvalue weighted by Gasteiger charge is 2.00. The van der Waals surface area contributed by atoms with Gasteiger partial charge in [-0.3, -0.25) is 0 Å². The molecule has 0 aliphatic rings. The molecule has 0 unspecified atom stereocenters. The quantitative estimate of drug-likeness (QED) is 0.750. The molecule has 15 heavy (non-hydrogen) atoms. The molecule has 0 aliphatic heterocycles. The number of aryl methyl sites for hydroxylation is 1. The van der Waals surface area contributed by atoms with E-state index >= 15 is 0 Å². The summed E-state index contributed by atoms with van der Waals surface area (Å²) in [5.41, 5.74) is 2.61. The van der Waals surface area contributed by atoms with Crippen LogP contribution in [0.3, 0.4) is 0 Å². The maximum Gasteiger partial charge on any atom is 0.0431 e. The van der Waals surface area contributed by atoms with Gasteiger partial charge in [-0.15, -0.1) is 0 Å². The standard InChI is InChI=1S/C13H21NO/c1-11-5-7-13(8-6-11)10-14-12(2)4-3-9-15/h5-8,12,14-15H,3-4,9-10H2,1-2H3/t12-/m1/s1. The summed E-state index contributed by atoms with van der Waals surface area (Å²) in [4.78, 5) is 0. The third kappa shape index (κ3) is 4.96. The molecule has 2 N–H and O–H groups in total. The molecule has 0 aliphatic carbocycles. The van der Waals surface area contributed by atoms with Crippen molar-refractivity contribution in [3.8, 4) is 0 Å². The molecule has 0 radical (unpaired) electrons. The third-order valence-electron chi connectivity index (χ3n) is 2.57. The Morgan fingerprint density at radius 2 is 1.93 bits per heavy atom. The second-order valence-corrected chi connectivity index (χ2v) is 4.13. The van der Waals surface area contributed by atoms with Crippen molar-refractivity contribution < 1.29 is 5.11 Å². The Morgan fingerprint density at radius 1 is 1.27 bits per heavy atom. The van der Waals surface area contributed by atoms with Gasteiger partial charge in [0.2, 0.25) is 0 Å². The predicted octanol–water partition coefficient (Wildman–Crippen LogP) is 2.25. The zero-order valence-corrected chi connectivity index (χ0v) is 9.66. The van der Waals surface area contributed by atoms with Gasteiger partial charge >= 0.3 is 0 Å². The van der Waals surface area contributed by atoms with E-state index in [1.54, 1.807) is 0 Å².